The van der Waals surface area contributed by atoms with Crippen molar-refractivity contribution in [1.82, 2.24) is 9.55 Å². The van der Waals surface area contributed by atoms with E-state index in [0.717, 1.165) is 6.54 Å². The molecule has 1 rings (SSSR count). The smallest absolute Gasteiger partial charge is 0.202 e. The Labute approximate surface area is 64.8 Å². The third-order valence-corrected chi connectivity index (χ3v) is 1.46. The Morgan fingerprint density at radius 2 is 2.60 bits per heavy atom. The number of nitrogens with zero attached hydrogens (tertiary/aromatic N) is 2. The van der Waals surface area contributed by atoms with E-state index >= 15 is 0 Å². The molecule has 0 amide bonds. The fourth-order valence-electron chi connectivity index (χ4n) is 0.757. The fraction of sp³-hybridized carbons (Fsp3) is 0.500. The van der Waals surface area contributed by atoms with Crippen molar-refractivity contribution in [3.63, 3.8) is 0 Å². The lowest BCUT2D eigenvalue weighted by Crippen LogP contribution is -2.21. The second-order valence-electron chi connectivity index (χ2n) is 2.33. The topological polar surface area (TPSA) is 43.8 Å². The van der Waals surface area contributed by atoms with Gasteiger partial charge >= 0.3 is 0 Å². The molecule has 1 heterocycles. The van der Waals surface area contributed by atoms with Crippen LogP contribution in [-0.2, 0) is 6.54 Å². The Morgan fingerprint density at radius 3 is 3.00 bits per heavy atom. The highest BCUT2D eigenvalue weighted by Gasteiger charge is 1.99. The van der Waals surface area contributed by atoms with Gasteiger partial charge in [-0.3, -0.25) is 0 Å². The monoisotopic (exact) mass is 159 g/mol. The van der Waals surface area contributed by atoms with Gasteiger partial charge < -0.3 is 10.3 Å². The van der Waals surface area contributed by atoms with E-state index in [0.29, 0.717) is 5.28 Å². The van der Waals surface area contributed by atoms with Gasteiger partial charge in [0, 0.05) is 25.0 Å². The maximum atomic E-state index is 5.68. The molecule has 0 aliphatic carbocycles. The first-order valence-electron chi connectivity index (χ1n) is 3.12. The van der Waals surface area contributed by atoms with Crippen molar-refractivity contribution in [2.24, 2.45) is 5.73 Å². The van der Waals surface area contributed by atoms with Crippen LogP contribution < -0.4 is 5.73 Å². The van der Waals surface area contributed by atoms with Gasteiger partial charge in [-0.05, 0) is 18.5 Å². The molecule has 1 unspecified atom stereocenters. The molecule has 10 heavy (non-hydrogen) atoms. The van der Waals surface area contributed by atoms with E-state index in [2.05, 4.69) is 4.98 Å². The van der Waals surface area contributed by atoms with Gasteiger partial charge in [-0.15, -0.1) is 0 Å². The highest BCUT2D eigenvalue weighted by molar-refractivity contribution is 6.28. The van der Waals surface area contributed by atoms with Crippen molar-refractivity contribution in [2.75, 3.05) is 0 Å². The molecule has 0 saturated carbocycles. The highest BCUT2D eigenvalue weighted by atomic mass is 35.5. The van der Waals surface area contributed by atoms with Crippen molar-refractivity contribution >= 4 is 11.6 Å². The van der Waals surface area contributed by atoms with Gasteiger partial charge in [0.15, 0.2) is 0 Å². The number of aromatic nitrogens is 2. The first-order valence-corrected chi connectivity index (χ1v) is 3.50. The van der Waals surface area contributed by atoms with Crippen LogP contribution in [0.15, 0.2) is 12.4 Å². The van der Waals surface area contributed by atoms with E-state index in [1.807, 2.05) is 17.7 Å². The summed E-state index contributed by atoms with van der Waals surface area (Å²) in [6.07, 6.45) is 3.47. The van der Waals surface area contributed by atoms with E-state index < -0.39 is 0 Å². The summed E-state index contributed by atoms with van der Waals surface area (Å²) in [4.78, 5) is 3.84. The molecule has 0 aliphatic heterocycles. The largest absolute Gasteiger partial charge is 0.326 e. The maximum absolute atomic E-state index is 5.68. The molecule has 3 nitrogen and oxygen atoms in total. The number of halogens is 1. The Hall–Kier alpha value is -0.540. The lowest BCUT2D eigenvalue weighted by Gasteiger charge is -2.05. The second kappa shape index (κ2) is 3.03. The predicted molar refractivity (Wildman–Crippen MR) is 40.9 cm³/mol. The van der Waals surface area contributed by atoms with Crippen molar-refractivity contribution in [1.29, 1.82) is 0 Å². The van der Waals surface area contributed by atoms with Crippen LogP contribution in [0.25, 0.3) is 0 Å². The molecule has 1 atom stereocenters. The normalized spacial score (nSPS) is 13.5. The van der Waals surface area contributed by atoms with Gasteiger partial charge in [-0.2, -0.15) is 0 Å². The Morgan fingerprint density at radius 1 is 1.90 bits per heavy atom. The number of hydrogen-bond donors (Lipinski definition) is 1. The quantitative estimate of drug-likeness (QED) is 0.697. The molecular weight excluding hydrogens is 150 g/mol. The molecule has 1 aromatic rings. The SMILES string of the molecule is CC(N)Cn1ccnc1Cl. The summed E-state index contributed by atoms with van der Waals surface area (Å²) in [6, 6.07) is 0.117. The molecular formula is C6H10ClN3. The van der Waals surface area contributed by atoms with Crippen molar-refractivity contribution in [3.8, 4) is 0 Å². The molecule has 4 heteroatoms. The summed E-state index contributed by atoms with van der Waals surface area (Å²) in [7, 11) is 0. The molecule has 0 saturated heterocycles. The minimum absolute atomic E-state index is 0.117. The van der Waals surface area contributed by atoms with Gasteiger partial charge in [-0.1, -0.05) is 0 Å². The predicted octanol–water partition coefficient (Wildman–Crippen LogP) is 0.884. The fourth-order valence-corrected chi connectivity index (χ4v) is 0.939. The zero-order valence-corrected chi connectivity index (χ0v) is 6.54. The Balaban J connectivity index is 2.65. The van der Waals surface area contributed by atoms with E-state index in [9.17, 15) is 0 Å². The van der Waals surface area contributed by atoms with Gasteiger partial charge in [0.2, 0.25) is 5.28 Å². The van der Waals surface area contributed by atoms with Gasteiger partial charge in [-0.25, -0.2) is 4.98 Å². The van der Waals surface area contributed by atoms with E-state index in [4.69, 9.17) is 17.3 Å². The molecule has 0 aromatic carbocycles. The summed E-state index contributed by atoms with van der Waals surface area (Å²) >= 11 is 5.68. The van der Waals surface area contributed by atoms with E-state index in [1.165, 1.54) is 0 Å². The first-order chi connectivity index (χ1) is 4.70. The average Bonchev–Trinajstić information content (AvgIpc) is 2.15. The van der Waals surface area contributed by atoms with Crippen molar-refractivity contribution in [2.45, 2.75) is 19.5 Å². The third-order valence-electron chi connectivity index (χ3n) is 1.15. The molecule has 2 N–H and O–H groups in total. The van der Waals surface area contributed by atoms with Crippen molar-refractivity contribution in [3.05, 3.63) is 17.7 Å². The zero-order valence-electron chi connectivity index (χ0n) is 5.79. The van der Waals surface area contributed by atoms with Crippen LogP contribution in [0.3, 0.4) is 0 Å². The summed E-state index contributed by atoms with van der Waals surface area (Å²) in [5, 5.41) is 0.498. The zero-order chi connectivity index (χ0) is 7.56. The minimum atomic E-state index is 0.117. The minimum Gasteiger partial charge on any atom is -0.326 e. The maximum Gasteiger partial charge on any atom is 0.202 e. The highest BCUT2D eigenvalue weighted by Crippen LogP contribution is 2.04. The van der Waals surface area contributed by atoms with Crippen LogP contribution in [0.5, 0.6) is 0 Å². The summed E-state index contributed by atoms with van der Waals surface area (Å²) in [6.45, 7) is 2.65. The Kier molecular flexibility index (Phi) is 2.29. The van der Waals surface area contributed by atoms with Gasteiger partial charge in [0.25, 0.3) is 0 Å². The Bertz CT molecular complexity index is 207. The molecule has 0 bridgehead atoms. The number of hydrogen-bond acceptors (Lipinski definition) is 2. The first kappa shape index (κ1) is 7.57. The van der Waals surface area contributed by atoms with Crippen LogP contribution >= 0.6 is 11.6 Å². The van der Waals surface area contributed by atoms with Gasteiger partial charge in [0.05, 0.1) is 0 Å². The average molecular weight is 160 g/mol. The number of rotatable bonds is 2. The lowest BCUT2D eigenvalue weighted by molar-refractivity contribution is 0.590. The lowest BCUT2D eigenvalue weighted by atomic mass is 10.4. The molecule has 0 aliphatic rings. The summed E-state index contributed by atoms with van der Waals surface area (Å²) in [5.41, 5.74) is 5.55. The molecule has 0 radical (unpaired) electrons. The van der Waals surface area contributed by atoms with E-state index in [1.54, 1.807) is 6.20 Å². The van der Waals surface area contributed by atoms with Gasteiger partial charge in [0.1, 0.15) is 0 Å². The van der Waals surface area contributed by atoms with Crippen LogP contribution in [-0.4, -0.2) is 15.6 Å². The molecule has 1 aromatic heterocycles. The van der Waals surface area contributed by atoms with Crippen LogP contribution in [0, 0.1) is 0 Å². The van der Waals surface area contributed by atoms with Crippen LogP contribution in [0.1, 0.15) is 6.92 Å². The molecule has 56 valence electrons. The van der Waals surface area contributed by atoms with Crippen LogP contribution in [0.4, 0.5) is 0 Å². The summed E-state index contributed by atoms with van der Waals surface area (Å²) in [5.74, 6) is 0. The third kappa shape index (κ3) is 1.72. The number of nitrogens with two attached hydrogens (primary N) is 1. The standard InChI is InChI=1S/C6H10ClN3/c1-5(8)4-10-3-2-9-6(10)7/h2-3,5H,4,8H2,1H3. The van der Waals surface area contributed by atoms with Crippen molar-refractivity contribution < 1.29 is 0 Å². The van der Waals surface area contributed by atoms with Crippen LogP contribution in [0.2, 0.25) is 5.28 Å². The molecule has 0 fully saturated rings. The summed E-state index contributed by atoms with van der Waals surface area (Å²) < 4.78 is 1.81. The van der Waals surface area contributed by atoms with E-state index in [-0.39, 0.29) is 6.04 Å². The second-order valence-corrected chi connectivity index (χ2v) is 2.66. The molecule has 0 spiro atoms. The number of imidazole rings is 1.